The Morgan fingerprint density at radius 2 is 1.87 bits per heavy atom. The third-order valence-corrected chi connectivity index (χ3v) is 5.31. The Morgan fingerprint density at radius 3 is 2.39 bits per heavy atom. The van der Waals surface area contributed by atoms with Crippen LogP contribution in [0.2, 0.25) is 0 Å². The molecule has 0 aromatic heterocycles. The Labute approximate surface area is 130 Å². The molecule has 0 bridgehead atoms. The van der Waals surface area contributed by atoms with Crippen molar-refractivity contribution in [2.24, 2.45) is 5.92 Å². The fourth-order valence-corrected chi connectivity index (χ4v) is 3.70. The standard InChI is InChI=1S/C14H14F4O4S/c1-23(20,21)10-3-2-9(22-6-7-4-13(7,15)16)8-5-14(17,18)12(19)11(8)10/h2-3,7,12,19H,4-6H2,1H3/t7-,12-/m0/s1. The summed E-state index contributed by atoms with van der Waals surface area (Å²) in [7, 11) is -3.83. The maximum Gasteiger partial charge on any atom is 0.281 e. The van der Waals surface area contributed by atoms with Gasteiger partial charge in [-0.15, -0.1) is 0 Å². The van der Waals surface area contributed by atoms with E-state index in [-0.39, 0.29) is 24.3 Å². The van der Waals surface area contributed by atoms with Gasteiger partial charge in [-0.25, -0.2) is 26.0 Å². The zero-order valence-corrected chi connectivity index (χ0v) is 12.8. The average Bonchev–Trinajstić information content (AvgIpc) is 2.93. The highest BCUT2D eigenvalue weighted by atomic mass is 32.2. The second-order valence-corrected chi connectivity index (χ2v) is 8.02. The fraction of sp³-hybridized carbons (Fsp3) is 0.571. The van der Waals surface area contributed by atoms with Gasteiger partial charge in [-0.2, -0.15) is 0 Å². The van der Waals surface area contributed by atoms with E-state index < -0.39 is 50.6 Å². The maximum absolute atomic E-state index is 13.8. The Bertz CT molecular complexity index is 760. The highest BCUT2D eigenvalue weighted by Crippen LogP contribution is 2.51. The van der Waals surface area contributed by atoms with Crippen LogP contribution in [-0.4, -0.2) is 38.2 Å². The number of fused-ring (bicyclic) bond motifs is 1. The van der Waals surface area contributed by atoms with Crippen molar-refractivity contribution in [1.82, 2.24) is 0 Å². The first-order valence-electron chi connectivity index (χ1n) is 6.86. The predicted molar refractivity (Wildman–Crippen MR) is 71.7 cm³/mol. The molecule has 0 amide bonds. The van der Waals surface area contributed by atoms with E-state index in [1.54, 1.807) is 0 Å². The summed E-state index contributed by atoms with van der Waals surface area (Å²) in [6.07, 6.45) is -2.65. The van der Waals surface area contributed by atoms with Gasteiger partial charge in [0.05, 0.1) is 17.4 Å². The van der Waals surface area contributed by atoms with E-state index >= 15 is 0 Å². The number of ether oxygens (including phenoxy) is 1. The van der Waals surface area contributed by atoms with E-state index in [4.69, 9.17) is 4.74 Å². The van der Waals surface area contributed by atoms with E-state index in [1.165, 1.54) is 6.07 Å². The number of halogens is 4. The SMILES string of the molecule is CS(=O)(=O)c1ccc(OC[C@@H]2CC2(F)F)c2c1[C@H](O)C(F)(F)C2. The van der Waals surface area contributed by atoms with Crippen LogP contribution in [0.5, 0.6) is 5.75 Å². The molecule has 2 atom stereocenters. The molecule has 1 N–H and O–H groups in total. The van der Waals surface area contributed by atoms with Crippen molar-refractivity contribution in [3.05, 3.63) is 23.3 Å². The number of alkyl halides is 4. The van der Waals surface area contributed by atoms with E-state index in [9.17, 15) is 31.1 Å². The van der Waals surface area contributed by atoms with Crippen molar-refractivity contribution >= 4 is 9.84 Å². The van der Waals surface area contributed by atoms with Gasteiger partial charge in [0.1, 0.15) is 11.9 Å². The Kier molecular flexibility index (Phi) is 3.46. The van der Waals surface area contributed by atoms with Crippen LogP contribution in [0.25, 0.3) is 0 Å². The molecule has 0 aliphatic heterocycles. The van der Waals surface area contributed by atoms with E-state index in [1.807, 2.05) is 0 Å². The lowest BCUT2D eigenvalue weighted by Gasteiger charge is -2.15. The van der Waals surface area contributed by atoms with Gasteiger partial charge in [0.25, 0.3) is 11.8 Å². The summed E-state index contributed by atoms with van der Waals surface area (Å²) in [5.74, 6) is -7.41. The highest BCUT2D eigenvalue weighted by molar-refractivity contribution is 7.90. The minimum absolute atomic E-state index is 0.0914. The molecular formula is C14H14F4O4S. The molecule has 1 aromatic carbocycles. The van der Waals surface area contributed by atoms with Crippen molar-refractivity contribution < 1.29 is 35.8 Å². The minimum Gasteiger partial charge on any atom is -0.493 e. The van der Waals surface area contributed by atoms with Crippen molar-refractivity contribution in [3.8, 4) is 5.75 Å². The topological polar surface area (TPSA) is 63.6 Å². The van der Waals surface area contributed by atoms with Crippen LogP contribution in [0, 0.1) is 5.92 Å². The summed E-state index contributed by atoms with van der Waals surface area (Å²) in [5.41, 5.74) is -0.549. The molecule has 0 saturated heterocycles. The third-order valence-electron chi connectivity index (χ3n) is 4.16. The third kappa shape index (κ3) is 2.80. The molecule has 0 unspecified atom stereocenters. The molecule has 1 saturated carbocycles. The van der Waals surface area contributed by atoms with Gasteiger partial charge in [0, 0.05) is 30.2 Å². The normalized spacial score (nSPS) is 27.6. The molecule has 0 spiro atoms. The quantitative estimate of drug-likeness (QED) is 0.843. The summed E-state index contributed by atoms with van der Waals surface area (Å²) in [6.45, 7) is -0.348. The number of aliphatic hydroxyl groups excluding tert-OH is 1. The lowest BCUT2D eigenvalue weighted by molar-refractivity contribution is -0.0976. The number of benzene rings is 1. The molecule has 23 heavy (non-hydrogen) atoms. The maximum atomic E-state index is 13.8. The molecule has 1 aromatic rings. The van der Waals surface area contributed by atoms with Crippen LogP contribution in [0.1, 0.15) is 23.7 Å². The van der Waals surface area contributed by atoms with Crippen molar-refractivity contribution in [2.45, 2.75) is 35.7 Å². The van der Waals surface area contributed by atoms with E-state index in [2.05, 4.69) is 0 Å². The number of hydrogen-bond donors (Lipinski definition) is 1. The van der Waals surface area contributed by atoms with Crippen molar-refractivity contribution in [1.29, 1.82) is 0 Å². The highest BCUT2D eigenvalue weighted by Gasteiger charge is 2.57. The van der Waals surface area contributed by atoms with Crippen LogP contribution in [0.15, 0.2) is 17.0 Å². The van der Waals surface area contributed by atoms with Gasteiger partial charge >= 0.3 is 0 Å². The van der Waals surface area contributed by atoms with Crippen molar-refractivity contribution in [3.63, 3.8) is 0 Å². The van der Waals surface area contributed by atoms with Gasteiger partial charge < -0.3 is 9.84 Å². The smallest absolute Gasteiger partial charge is 0.281 e. The molecule has 9 heteroatoms. The zero-order valence-electron chi connectivity index (χ0n) is 12.0. The first kappa shape index (κ1) is 16.5. The van der Waals surface area contributed by atoms with Gasteiger partial charge in [0.2, 0.25) is 0 Å². The number of rotatable bonds is 4. The summed E-state index contributed by atoms with van der Waals surface area (Å²) in [4.78, 5) is -0.402. The Balaban J connectivity index is 1.98. The molecule has 0 radical (unpaired) electrons. The van der Waals surface area contributed by atoms with Gasteiger partial charge in [-0.1, -0.05) is 0 Å². The number of sulfone groups is 1. The van der Waals surface area contributed by atoms with Crippen LogP contribution in [-0.2, 0) is 16.3 Å². The van der Waals surface area contributed by atoms with Gasteiger partial charge in [-0.3, -0.25) is 0 Å². The number of aliphatic hydroxyl groups is 1. The molecule has 2 aliphatic carbocycles. The second kappa shape index (κ2) is 4.83. The van der Waals surface area contributed by atoms with Gasteiger partial charge in [0.15, 0.2) is 9.84 Å². The number of hydrogen-bond acceptors (Lipinski definition) is 4. The van der Waals surface area contributed by atoms with E-state index in [0.29, 0.717) is 0 Å². The lowest BCUT2D eigenvalue weighted by Crippen LogP contribution is -2.22. The summed E-state index contributed by atoms with van der Waals surface area (Å²) in [6, 6.07) is 2.23. The van der Waals surface area contributed by atoms with Crippen LogP contribution >= 0.6 is 0 Å². The van der Waals surface area contributed by atoms with Crippen LogP contribution < -0.4 is 4.74 Å². The Morgan fingerprint density at radius 1 is 1.26 bits per heavy atom. The molecule has 0 heterocycles. The molecule has 2 aliphatic rings. The molecular weight excluding hydrogens is 340 g/mol. The first-order chi connectivity index (χ1) is 10.4. The zero-order chi connectivity index (χ0) is 17.2. The minimum atomic E-state index is -3.83. The summed E-state index contributed by atoms with van der Waals surface area (Å²) in [5, 5.41) is 9.76. The Hall–Kier alpha value is -1.35. The molecule has 4 nitrogen and oxygen atoms in total. The lowest BCUT2D eigenvalue weighted by atomic mass is 10.1. The molecule has 128 valence electrons. The van der Waals surface area contributed by atoms with Crippen LogP contribution in [0.3, 0.4) is 0 Å². The largest absolute Gasteiger partial charge is 0.493 e. The van der Waals surface area contributed by atoms with Gasteiger partial charge in [-0.05, 0) is 12.1 Å². The average molecular weight is 354 g/mol. The van der Waals surface area contributed by atoms with E-state index in [0.717, 1.165) is 12.3 Å². The molecule has 3 rings (SSSR count). The second-order valence-electron chi connectivity index (χ2n) is 6.04. The van der Waals surface area contributed by atoms with Crippen molar-refractivity contribution in [2.75, 3.05) is 12.9 Å². The first-order valence-corrected chi connectivity index (χ1v) is 8.75. The van der Waals surface area contributed by atoms with Crippen LogP contribution in [0.4, 0.5) is 17.6 Å². The summed E-state index contributed by atoms with van der Waals surface area (Å²) < 4.78 is 82.0. The molecule has 1 fully saturated rings. The predicted octanol–water partition coefficient (Wildman–Crippen LogP) is 2.35. The summed E-state index contributed by atoms with van der Waals surface area (Å²) >= 11 is 0. The fourth-order valence-electron chi connectivity index (χ4n) is 2.75. The monoisotopic (exact) mass is 354 g/mol.